The van der Waals surface area contributed by atoms with Crippen molar-refractivity contribution in [1.29, 1.82) is 0 Å². The third-order valence-corrected chi connectivity index (χ3v) is 2.66. The summed E-state index contributed by atoms with van der Waals surface area (Å²) in [6, 6.07) is 5.32. The van der Waals surface area contributed by atoms with Gasteiger partial charge in [0, 0.05) is 0 Å². The average molecular weight is 213 g/mol. The maximum atomic E-state index is 11.8. The normalized spacial score (nSPS) is 14.8. The first kappa shape index (κ1) is 10.9. The number of nitrogens with zero attached hydrogens (tertiary/aromatic N) is 1. The first-order valence-electron chi connectivity index (χ1n) is 5.27. The zero-order valence-electron chi connectivity index (χ0n) is 9.36. The minimum absolute atomic E-state index is 0.392. The smallest absolute Gasteiger partial charge is 0.248 e. The summed E-state index contributed by atoms with van der Waals surface area (Å²) in [7, 11) is 5.41. The van der Waals surface area contributed by atoms with Crippen LogP contribution in [0, 0.1) is 5.92 Å². The van der Waals surface area contributed by atoms with Crippen molar-refractivity contribution in [2.24, 2.45) is 5.92 Å². The molecule has 16 heavy (non-hydrogen) atoms. The van der Waals surface area contributed by atoms with Gasteiger partial charge in [-0.25, -0.2) is 0 Å². The highest BCUT2D eigenvalue weighted by Gasteiger charge is 2.33. The fraction of sp³-hybridized carbons (Fsp3) is 0.333. The number of amides is 2. The molecule has 0 N–H and O–H groups in total. The molecular formula is C12H12BNO2. The van der Waals surface area contributed by atoms with Crippen molar-refractivity contribution in [3.63, 3.8) is 0 Å². The molecule has 0 spiro atoms. The van der Waals surface area contributed by atoms with Gasteiger partial charge in [-0.2, -0.15) is 0 Å². The molecule has 2 amide bonds. The lowest BCUT2D eigenvalue weighted by Crippen LogP contribution is -2.26. The molecule has 2 rings (SSSR count). The Labute approximate surface area is 95.9 Å². The molecule has 0 saturated carbocycles. The molecule has 1 aliphatic heterocycles. The number of carbonyl (C=O) groups is 2. The van der Waals surface area contributed by atoms with E-state index in [2.05, 4.69) is 13.8 Å². The Hall–Kier alpha value is -1.58. The highest BCUT2D eigenvalue weighted by molar-refractivity contribution is 6.36. The molecule has 1 aliphatic rings. The summed E-state index contributed by atoms with van der Waals surface area (Å²) in [6.45, 7) is 4.14. The molecule has 0 unspecified atom stereocenters. The van der Waals surface area contributed by atoms with E-state index in [4.69, 9.17) is 7.98 Å². The van der Waals surface area contributed by atoms with Crippen molar-refractivity contribution in [3.05, 3.63) is 34.9 Å². The van der Waals surface area contributed by atoms with Crippen molar-refractivity contribution in [3.8, 4) is 0 Å². The van der Waals surface area contributed by atoms with Crippen LogP contribution < -0.4 is 0 Å². The average Bonchev–Trinajstić information content (AvgIpc) is 2.44. The predicted octanol–water partition coefficient (Wildman–Crippen LogP) is 1.56. The molecule has 4 heteroatoms. The van der Waals surface area contributed by atoms with Crippen LogP contribution in [0.3, 0.4) is 0 Å². The van der Waals surface area contributed by atoms with Gasteiger partial charge in [0.05, 0.1) is 11.1 Å². The lowest BCUT2D eigenvalue weighted by atomic mass is 9.95. The van der Waals surface area contributed by atoms with E-state index < -0.39 is 11.8 Å². The number of carbonyl (C=O) groups excluding carboxylic acids is 2. The van der Waals surface area contributed by atoms with Crippen molar-refractivity contribution in [2.45, 2.75) is 20.3 Å². The van der Waals surface area contributed by atoms with Crippen LogP contribution in [0.1, 0.15) is 40.1 Å². The lowest BCUT2D eigenvalue weighted by Gasteiger charge is -2.09. The molecule has 1 heterocycles. The van der Waals surface area contributed by atoms with E-state index in [0.29, 0.717) is 21.9 Å². The summed E-state index contributed by atoms with van der Waals surface area (Å²) in [5.74, 6) is -0.372. The predicted molar refractivity (Wildman–Crippen MR) is 61.2 cm³/mol. The van der Waals surface area contributed by atoms with Crippen molar-refractivity contribution in [1.82, 2.24) is 4.81 Å². The van der Waals surface area contributed by atoms with Gasteiger partial charge in [-0.15, -0.1) is 0 Å². The SMILES string of the molecule is [B]N1C(=O)c2cccc(CC(C)C)c2C1=O. The molecule has 0 fully saturated rings. The van der Waals surface area contributed by atoms with Crippen LogP contribution in [-0.4, -0.2) is 24.6 Å². The summed E-state index contributed by atoms with van der Waals surface area (Å²) in [5.41, 5.74) is 1.80. The molecule has 3 nitrogen and oxygen atoms in total. The number of imide groups is 1. The monoisotopic (exact) mass is 213 g/mol. The van der Waals surface area contributed by atoms with Gasteiger partial charge in [0.2, 0.25) is 19.8 Å². The number of hydrogen-bond donors (Lipinski definition) is 0. The number of fused-ring (bicyclic) bond motifs is 1. The third-order valence-electron chi connectivity index (χ3n) is 2.66. The van der Waals surface area contributed by atoms with Crippen LogP contribution in [0.25, 0.3) is 0 Å². The zero-order valence-corrected chi connectivity index (χ0v) is 9.36. The lowest BCUT2D eigenvalue weighted by molar-refractivity contribution is 0.0766. The summed E-state index contributed by atoms with van der Waals surface area (Å²) >= 11 is 0. The van der Waals surface area contributed by atoms with E-state index in [1.807, 2.05) is 6.07 Å². The molecule has 2 radical (unpaired) electrons. The molecule has 0 aromatic heterocycles. The number of benzene rings is 1. The number of hydrogen-bond acceptors (Lipinski definition) is 2. The maximum Gasteiger partial charge on any atom is 0.248 e. The van der Waals surface area contributed by atoms with E-state index in [1.165, 1.54) is 0 Å². The summed E-state index contributed by atoms with van der Waals surface area (Å²) in [4.78, 5) is 24.1. The van der Waals surface area contributed by atoms with Gasteiger partial charge in [-0.1, -0.05) is 26.0 Å². The second kappa shape index (κ2) is 3.78. The van der Waals surface area contributed by atoms with E-state index in [1.54, 1.807) is 12.1 Å². The Morgan fingerprint density at radius 3 is 2.56 bits per heavy atom. The van der Waals surface area contributed by atoms with E-state index in [9.17, 15) is 9.59 Å². The molecule has 0 atom stereocenters. The van der Waals surface area contributed by atoms with Crippen LogP contribution in [0.15, 0.2) is 18.2 Å². The zero-order chi connectivity index (χ0) is 11.9. The second-order valence-corrected chi connectivity index (χ2v) is 4.42. The minimum atomic E-state index is -0.411. The van der Waals surface area contributed by atoms with Crippen LogP contribution in [0.4, 0.5) is 0 Å². The standard InChI is InChI=1S/C12H12BNO2/c1-7(2)6-8-4-3-5-9-10(8)12(16)14(13)11(9)15/h3-5,7H,6H2,1-2H3. The summed E-state index contributed by atoms with van der Waals surface area (Å²) < 4.78 is 0. The largest absolute Gasteiger partial charge is 0.332 e. The Morgan fingerprint density at radius 1 is 1.25 bits per heavy atom. The molecular weight excluding hydrogens is 201 g/mol. The Balaban J connectivity index is 2.53. The van der Waals surface area contributed by atoms with Crippen LogP contribution >= 0.6 is 0 Å². The Kier molecular flexibility index (Phi) is 2.58. The number of rotatable bonds is 2. The van der Waals surface area contributed by atoms with Gasteiger partial charge >= 0.3 is 0 Å². The fourth-order valence-corrected chi connectivity index (χ4v) is 1.98. The minimum Gasteiger partial charge on any atom is -0.332 e. The highest BCUT2D eigenvalue weighted by Crippen LogP contribution is 2.26. The van der Waals surface area contributed by atoms with Gasteiger partial charge in [-0.3, -0.25) is 9.59 Å². The van der Waals surface area contributed by atoms with Gasteiger partial charge in [0.15, 0.2) is 0 Å². The molecule has 1 aromatic carbocycles. The summed E-state index contributed by atoms with van der Waals surface area (Å²) in [5, 5.41) is 0. The van der Waals surface area contributed by atoms with E-state index >= 15 is 0 Å². The summed E-state index contributed by atoms with van der Waals surface area (Å²) in [6.07, 6.45) is 0.774. The van der Waals surface area contributed by atoms with Gasteiger partial charge < -0.3 is 4.81 Å². The topological polar surface area (TPSA) is 37.4 Å². The molecule has 1 aromatic rings. The molecule has 0 bridgehead atoms. The van der Waals surface area contributed by atoms with Crippen LogP contribution in [0.2, 0.25) is 0 Å². The fourth-order valence-electron chi connectivity index (χ4n) is 1.98. The van der Waals surface area contributed by atoms with Gasteiger partial charge in [-0.05, 0) is 24.0 Å². The van der Waals surface area contributed by atoms with Crippen molar-refractivity contribution in [2.75, 3.05) is 0 Å². The molecule has 80 valence electrons. The van der Waals surface area contributed by atoms with Crippen molar-refractivity contribution >= 4 is 19.8 Å². The van der Waals surface area contributed by atoms with Crippen molar-refractivity contribution < 1.29 is 9.59 Å². The van der Waals surface area contributed by atoms with Crippen LogP contribution in [0.5, 0.6) is 0 Å². The van der Waals surface area contributed by atoms with Gasteiger partial charge in [0.1, 0.15) is 0 Å². The molecule has 0 aliphatic carbocycles. The maximum absolute atomic E-state index is 11.8. The first-order valence-corrected chi connectivity index (χ1v) is 5.27. The Morgan fingerprint density at radius 2 is 1.94 bits per heavy atom. The molecule has 0 saturated heterocycles. The third kappa shape index (κ3) is 1.54. The van der Waals surface area contributed by atoms with Crippen LogP contribution in [-0.2, 0) is 6.42 Å². The van der Waals surface area contributed by atoms with Gasteiger partial charge in [0.25, 0.3) is 0 Å². The highest BCUT2D eigenvalue weighted by atomic mass is 16.2. The van der Waals surface area contributed by atoms with E-state index in [0.717, 1.165) is 12.0 Å². The Bertz CT molecular complexity index is 468. The first-order chi connectivity index (χ1) is 7.52. The quantitative estimate of drug-likeness (QED) is 0.552. The second-order valence-electron chi connectivity index (χ2n) is 4.42. The van der Waals surface area contributed by atoms with E-state index in [-0.39, 0.29) is 0 Å².